The van der Waals surface area contributed by atoms with Crippen LogP contribution >= 0.6 is 0 Å². The molecule has 0 aromatic carbocycles. The van der Waals surface area contributed by atoms with Gasteiger partial charge in [-0.15, -0.1) is 0 Å². The second-order valence-electron chi connectivity index (χ2n) is 7.39. The van der Waals surface area contributed by atoms with Crippen molar-refractivity contribution >= 4 is 17.8 Å². The minimum Gasteiger partial charge on any atom is -0.368 e. The van der Waals surface area contributed by atoms with Gasteiger partial charge >= 0.3 is 0 Å². The summed E-state index contributed by atoms with van der Waals surface area (Å²) in [6, 6.07) is 0. The van der Waals surface area contributed by atoms with Crippen LogP contribution in [0.2, 0.25) is 0 Å². The maximum absolute atomic E-state index is 12.5. The van der Waals surface area contributed by atoms with Gasteiger partial charge in [0.25, 0.3) is 0 Å². The molecule has 8 nitrogen and oxygen atoms in total. The van der Waals surface area contributed by atoms with Crippen LogP contribution in [0.3, 0.4) is 0 Å². The number of nitrogens with one attached hydrogen (secondary N) is 1. The molecule has 0 spiro atoms. The lowest BCUT2D eigenvalue weighted by Gasteiger charge is -2.35. The fourth-order valence-corrected chi connectivity index (χ4v) is 3.68. The Labute approximate surface area is 148 Å². The molecule has 0 atom stereocenters. The van der Waals surface area contributed by atoms with Gasteiger partial charge in [0, 0.05) is 38.5 Å². The molecule has 1 aliphatic carbocycles. The van der Waals surface area contributed by atoms with Crippen LogP contribution in [0, 0.1) is 5.92 Å². The smallest absolute Gasteiger partial charge is 0.230 e. The van der Waals surface area contributed by atoms with Crippen LogP contribution in [-0.2, 0) is 4.79 Å². The largest absolute Gasteiger partial charge is 0.368 e. The first-order valence-electron chi connectivity index (χ1n) is 9.44. The van der Waals surface area contributed by atoms with E-state index in [0.29, 0.717) is 36.1 Å². The van der Waals surface area contributed by atoms with Gasteiger partial charge in [-0.25, -0.2) is 0 Å². The number of aromatic nitrogens is 3. The van der Waals surface area contributed by atoms with Crippen molar-refractivity contribution in [3.63, 3.8) is 0 Å². The van der Waals surface area contributed by atoms with Gasteiger partial charge in [-0.3, -0.25) is 4.79 Å². The average Bonchev–Trinajstić information content (AvgIpc) is 3.47. The van der Waals surface area contributed by atoms with Crippen molar-refractivity contribution in [3.8, 4) is 0 Å². The predicted molar refractivity (Wildman–Crippen MR) is 95.2 cm³/mol. The number of amides is 1. The second-order valence-corrected chi connectivity index (χ2v) is 7.39. The van der Waals surface area contributed by atoms with Crippen LogP contribution in [0.5, 0.6) is 0 Å². The maximum atomic E-state index is 12.5. The number of rotatable bonds is 4. The fourth-order valence-electron chi connectivity index (χ4n) is 3.68. The molecule has 3 heterocycles. The molecule has 25 heavy (non-hydrogen) atoms. The summed E-state index contributed by atoms with van der Waals surface area (Å²) >= 11 is 0. The third-order valence-electron chi connectivity index (χ3n) is 5.44. The summed E-state index contributed by atoms with van der Waals surface area (Å²) in [5, 5.41) is 3.35. The van der Waals surface area contributed by atoms with Crippen molar-refractivity contribution in [1.82, 2.24) is 25.2 Å². The zero-order valence-corrected chi connectivity index (χ0v) is 14.7. The Balaban J connectivity index is 1.32. The van der Waals surface area contributed by atoms with Gasteiger partial charge in [0.15, 0.2) is 0 Å². The van der Waals surface area contributed by atoms with Gasteiger partial charge in [-0.05, 0) is 44.7 Å². The third kappa shape index (κ3) is 4.00. The summed E-state index contributed by atoms with van der Waals surface area (Å²) in [6.07, 6.45) is 5.19. The molecule has 3 aliphatic rings. The van der Waals surface area contributed by atoms with E-state index >= 15 is 0 Å². The normalized spacial score (nSPS) is 22.2. The lowest BCUT2D eigenvalue weighted by atomic mass is 9.94. The van der Waals surface area contributed by atoms with Crippen molar-refractivity contribution < 1.29 is 4.79 Å². The Hall–Kier alpha value is -1.96. The van der Waals surface area contributed by atoms with Gasteiger partial charge in [0.1, 0.15) is 5.82 Å². The van der Waals surface area contributed by atoms with Crippen LogP contribution in [-0.4, -0.2) is 65.0 Å². The standard InChI is InChI=1S/C17H27N7O/c18-16-20-15(13-1-2-13)21-17(22-16)24-9-7-23(8-10-24)14(25)11-12-3-5-19-6-4-12/h12-13,19H,1-11H2,(H2,18,20,21,22). The highest BCUT2D eigenvalue weighted by Crippen LogP contribution is 2.38. The average molecular weight is 345 g/mol. The summed E-state index contributed by atoms with van der Waals surface area (Å²) in [4.78, 5) is 29.8. The maximum Gasteiger partial charge on any atom is 0.230 e. The number of hydrogen-bond acceptors (Lipinski definition) is 7. The van der Waals surface area contributed by atoms with Crippen LogP contribution in [0.15, 0.2) is 0 Å². The Bertz CT molecular complexity index is 619. The number of anilines is 2. The predicted octanol–water partition coefficient (Wildman–Crippen LogP) is 0.370. The number of piperidine rings is 1. The minimum atomic E-state index is 0.292. The van der Waals surface area contributed by atoms with Gasteiger partial charge in [-0.2, -0.15) is 15.0 Å². The molecule has 3 N–H and O–H groups in total. The summed E-state index contributed by atoms with van der Waals surface area (Å²) in [7, 11) is 0. The van der Waals surface area contributed by atoms with E-state index in [-0.39, 0.29) is 0 Å². The number of carbonyl (C=O) groups is 1. The van der Waals surface area contributed by atoms with Gasteiger partial charge in [0.05, 0.1) is 0 Å². The molecule has 0 radical (unpaired) electrons. The van der Waals surface area contributed by atoms with E-state index < -0.39 is 0 Å². The van der Waals surface area contributed by atoms with Crippen LogP contribution in [0.25, 0.3) is 0 Å². The summed E-state index contributed by atoms with van der Waals surface area (Å²) < 4.78 is 0. The molecule has 1 aromatic rings. The Morgan fingerprint density at radius 3 is 2.44 bits per heavy atom. The number of carbonyl (C=O) groups excluding carboxylic acids is 1. The van der Waals surface area contributed by atoms with Gasteiger partial charge < -0.3 is 20.9 Å². The van der Waals surface area contributed by atoms with Crippen molar-refractivity contribution in [1.29, 1.82) is 0 Å². The molecular formula is C17H27N7O. The number of nitrogen functional groups attached to an aromatic ring is 1. The molecule has 0 unspecified atom stereocenters. The van der Waals surface area contributed by atoms with Gasteiger partial charge in [-0.1, -0.05) is 0 Å². The number of hydrogen-bond donors (Lipinski definition) is 2. The third-order valence-corrected chi connectivity index (χ3v) is 5.44. The molecule has 1 saturated carbocycles. The van der Waals surface area contributed by atoms with Crippen LogP contribution in [0.4, 0.5) is 11.9 Å². The molecule has 1 amide bonds. The van der Waals surface area contributed by atoms with Crippen LogP contribution < -0.4 is 16.0 Å². The van der Waals surface area contributed by atoms with E-state index in [0.717, 1.165) is 70.8 Å². The van der Waals surface area contributed by atoms with Crippen molar-refractivity contribution in [2.45, 2.75) is 38.0 Å². The Morgan fingerprint density at radius 2 is 1.76 bits per heavy atom. The summed E-state index contributed by atoms with van der Waals surface area (Å²) in [5.41, 5.74) is 5.85. The molecule has 1 aromatic heterocycles. The van der Waals surface area contributed by atoms with Crippen molar-refractivity contribution in [2.24, 2.45) is 5.92 Å². The van der Waals surface area contributed by atoms with Crippen molar-refractivity contribution in [2.75, 3.05) is 49.9 Å². The fraction of sp³-hybridized carbons (Fsp3) is 0.765. The number of nitrogens with two attached hydrogens (primary N) is 1. The SMILES string of the molecule is Nc1nc(C2CC2)nc(N2CCN(C(=O)CC3CCNCC3)CC2)n1. The van der Waals surface area contributed by atoms with Gasteiger partial charge in [0.2, 0.25) is 17.8 Å². The van der Waals surface area contributed by atoms with E-state index in [2.05, 4.69) is 25.2 Å². The molecule has 4 rings (SSSR count). The Morgan fingerprint density at radius 1 is 1.04 bits per heavy atom. The highest BCUT2D eigenvalue weighted by molar-refractivity contribution is 5.76. The first kappa shape index (κ1) is 16.5. The lowest BCUT2D eigenvalue weighted by molar-refractivity contribution is -0.132. The summed E-state index contributed by atoms with van der Waals surface area (Å²) in [5.74, 6) is 3.08. The Kier molecular flexibility index (Phi) is 4.70. The van der Waals surface area contributed by atoms with E-state index in [9.17, 15) is 4.79 Å². The van der Waals surface area contributed by atoms with Crippen LogP contribution in [0.1, 0.15) is 43.8 Å². The lowest BCUT2D eigenvalue weighted by Crippen LogP contribution is -2.50. The first-order valence-corrected chi connectivity index (χ1v) is 9.44. The first-order chi connectivity index (χ1) is 12.2. The molecule has 3 fully saturated rings. The van der Waals surface area contributed by atoms with E-state index in [1.807, 2.05) is 4.90 Å². The number of nitrogens with zero attached hydrogens (tertiary/aromatic N) is 5. The zero-order valence-electron chi connectivity index (χ0n) is 14.7. The summed E-state index contributed by atoms with van der Waals surface area (Å²) in [6.45, 7) is 5.05. The zero-order chi connectivity index (χ0) is 17.2. The monoisotopic (exact) mass is 345 g/mol. The molecule has 0 bridgehead atoms. The molecular weight excluding hydrogens is 318 g/mol. The number of piperazine rings is 1. The van der Waals surface area contributed by atoms with E-state index in [1.54, 1.807) is 0 Å². The highest BCUT2D eigenvalue weighted by atomic mass is 16.2. The van der Waals surface area contributed by atoms with Crippen molar-refractivity contribution in [3.05, 3.63) is 5.82 Å². The highest BCUT2D eigenvalue weighted by Gasteiger charge is 2.29. The van der Waals surface area contributed by atoms with E-state index in [1.165, 1.54) is 0 Å². The quantitative estimate of drug-likeness (QED) is 0.813. The molecule has 2 aliphatic heterocycles. The molecule has 136 valence electrons. The second kappa shape index (κ2) is 7.11. The molecule has 2 saturated heterocycles. The molecule has 8 heteroatoms. The minimum absolute atomic E-state index is 0.292. The van der Waals surface area contributed by atoms with E-state index in [4.69, 9.17) is 5.73 Å². The topological polar surface area (TPSA) is 100 Å².